The Kier molecular flexibility index (Phi) is 5.53. The molecule has 0 atom stereocenters. The van der Waals surface area contributed by atoms with Crippen LogP contribution in [-0.2, 0) is 16.6 Å². The van der Waals surface area contributed by atoms with Gasteiger partial charge in [-0.05, 0) is 43.2 Å². The molecule has 1 saturated heterocycles. The average molecular weight is 393 g/mol. The van der Waals surface area contributed by atoms with Crippen LogP contribution < -0.4 is 4.31 Å². The molecule has 0 radical (unpaired) electrons. The van der Waals surface area contributed by atoms with E-state index in [-0.39, 0.29) is 11.7 Å². The van der Waals surface area contributed by atoms with Gasteiger partial charge in [0, 0.05) is 30.2 Å². The molecule has 0 aromatic heterocycles. The van der Waals surface area contributed by atoms with Crippen LogP contribution in [0.1, 0.15) is 29.3 Å². The summed E-state index contributed by atoms with van der Waals surface area (Å²) in [6.07, 6.45) is 0.605. The van der Waals surface area contributed by atoms with Crippen LogP contribution in [0.3, 0.4) is 0 Å². The SMILES string of the molecule is CCN(Cc1ccccc1Cl)C(=O)c1cccc(N2CCCS2(=O)=O)c1. The number of anilines is 1. The summed E-state index contributed by atoms with van der Waals surface area (Å²) in [7, 11) is -3.27. The Morgan fingerprint density at radius 2 is 1.96 bits per heavy atom. The van der Waals surface area contributed by atoms with Crippen molar-refractivity contribution in [2.45, 2.75) is 19.9 Å². The first-order valence-corrected chi connectivity index (χ1v) is 10.5. The van der Waals surface area contributed by atoms with Crippen molar-refractivity contribution in [2.24, 2.45) is 0 Å². The molecule has 0 saturated carbocycles. The zero-order chi connectivity index (χ0) is 18.7. The standard InChI is InChI=1S/C19H21ClN2O3S/c1-2-21(14-16-7-3-4-10-18(16)20)19(23)15-8-5-9-17(13-15)22-11-6-12-26(22,24)25/h3-5,7-10,13H,2,6,11-12,14H2,1H3. The lowest BCUT2D eigenvalue weighted by Crippen LogP contribution is -2.31. The summed E-state index contributed by atoms with van der Waals surface area (Å²) in [6.45, 7) is 3.29. The lowest BCUT2D eigenvalue weighted by molar-refractivity contribution is 0.0752. The van der Waals surface area contributed by atoms with Crippen LogP contribution in [-0.4, -0.2) is 38.1 Å². The maximum absolute atomic E-state index is 12.9. The van der Waals surface area contributed by atoms with Crippen molar-refractivity contribution < 1.29 is 13.2 Å². The topological polar surface area (TPSA) is 57.7 Å². The predicted octanol–water partition coefficient (Wildman–Crippen LogP) is 3.54. The second kappa shape index (κ2) is 7.68. The molecule has 0 bridgehead atoms. The molecule has 138 valence electrons. The minimum absolute atomic E-state index is 0.147. The number of sulfonamides is 1. The van der Waals surface area contributed by atoms with Gasteiger partial charge in [0.1, 0.15) is 0 Å². The molecule has 7 heteroatoms. The molecule has 2 aromatic rings. The zero-order valence-electron chi connectivity index (χ0n) is 14.6. The second-order valence-corrected chi connectivity index (χ2v) is 8.62. The molecule has 1 fully saturated rings. The van der Waals surface area contributed by atoms with Gasteiger partial charge in [0.05, 0.1) is 11.4 Å². The molecule has 0 N–H and O–H groups in total. The zero-order valence-corrected chi connectivity index (χ0v) is 16.1. The Hall–Kier alpha value is -2.05. The summed E-state index contributed by atoms with van der Waals surface area (Å²) in [5, 5.41) is 0.621. The Balaban J connectivity index is 1.84. The van der Waals surface area contributed by atoms with Crippen molar-refractivity contribution in [3.63, 3.8) is 0 Å². The van der Waals surface area contributed by atoms with Gasteiger partial charge in [-0.1, -0.05) is 35.9 Å². The monoisotopic (exact) mass is 392 g/mol. The van der Waals surface area contributed by atoms with Crippen LogP contribution in [0.15, 0.2) is 48.5 Å². The van der Waals surface area contributed by atoms with E-state index in [1.54, 1.807) is 35.2 Å². The molecular formula is C19H21ClN2O3S. The van der Waals surface area contributed by atoms with Crippen LogP contribution in [0.5, 0.6) is 0 Å². The summed E-state index contributed by atoms with van der Waals surface area (Å²) >= 11 is 6.21. The van der Waals surface area contributed by atoms with Crippen molar-refractivity contribution in [1.29, 1.82) is 0 Å². The Morgan fingerprint density at radius 3 is 2.62 bits per heavy atom. The van der Waals surface area contributed by atoms with Crippen molar-refractivity contribution in [1.82, 2.24) is 4.90 Å². The third kappa shape index (κ3) is 3.86. The summed E-state index contributed by atoms with van der Waals surface area (Å²) < 4.78 is 25.6. The molecule has 26 heavy (non-hydrogen) atoms. The maximum Gasteiger partial charge on any atom is 0.254 e. The van der Waals surface area contributed by atoms with E-state index in [9.17, 15) is 13.2 Å². The molecule has 0 unspecified atom stereocenters. The van der Waals surface area contributed by atoms with Crippen LogP contribution in [0.25, 0.3) is 0 Å². The highest BCUT2D eigenvalue weighted by Crippen LogP contribution is 2.26. The smallest absolute Gasteiger partial charge is 0.254 e. The quantitative estimate of drug-likeness (QED) is 0.781. The van der Waals surface area contributed by atoms with Gasteiger partial charge in [0.15, 0.2) is 0 Å². The highest BCUT2D eigenvalue weighted by molar-refractivity contribution is 7.93. The maximum atomic E-state index is 12.9. The first-order chi connectivity index (χ1) is 12.4. The lowest BCUT2D eigenvalue weighted by atomic mass is 10.1. The molecule has 3 rings (SSSR count). The Labute approximate surface area is 159 Å². The van der Waals surface area contributed by atoms with Gasteiger partial charge in [0.2, 0.25) is 10.0 Å². The molecule has 0 spiro atoms. The largest absolute Gasteiger partial charge is 0.335 e. The van der Waals surface area contributed by atoms with Crippen LogP contribution in [0.4, 0.5) is 5.69 Å². The fourth-order valence-corrected chi connectivity index (χ4v) is 4.82. The third-order valence-corrected chi connectivity index (χ3v) is 6.71. The average Bonchev–Trinajstić information content (AvgIpc) is 3.00. The number of hydrogen-bond acceptors (Lipinski definition) is 3. The highest BCUT2D eigenvalue weighted by Gasteiger charge is 2.29. The van der Waals surface area contributed by atoms with Gasteiger partial charge in [-0.25, -0.2) is 8.42 Å². The summed E-state index contributed by atoms with van der Waals surface area (Å²) in [5.41, 5.74) is 1.89. The number of nitrogens with zero attached hydrogens (tertiary/aromatic N) is 2. The number of amides is 1. The fourth-order valence-electron chi connectivity index (χ4n) is 3.07. The molecule has 0 aliphatic carbocycles. The summed E-state index contributed by atoms with van der Waals surface area (Å²) in [6, 6.07) is 14.2. The molecule has 1 heterocycles. The Morgan fingerprint density at radius 1 is 1.19 bits per heavy atom. The number of benzene rings is 2. The summed E-state index contributed by atoms with van der Waals surface area (Å²) in [4.78, 5) is 14.6. The highest BCUT2D eigenvalue weighted by atomic mass is 35.5. The third-order valence-electron chi connectivity index (χ3n) is 4.47. The second-order valence-electron chi connectivity index (χ2n) is 6.20. The van der Waals surface area contributed by atoms with E-state index >= 15 is 0 Å². The van der Waals surface area contributed by atoms with Gasteiger partial charge in [-0.3, -0.25) is 9.10 Å². The van der Waals surface area contributed by atoms with Crippen molar-refractivity contribution in [3.8, 4) is 0 Å². The number of hydrogen-bond donors (Lipinski definition) is 0. The van der Waals surface area contributed by atoms with Crippen molar-refractivity contribution >= 4 is 33.2 Å². The molecule has 1 aliphatic rings. The number of carbonyl (C=O) groups excluding carboxylic acids is 1. The molecular weight excluding hydrogens is 372 g/mol. The van der Waals surface area contributed by atoms with Crippen LogP contribution in [0.2, 0.25) is 5.02 Å². The fraction of sp³-hybridized carbons (Fsp3) is 0.316. The van der Waals surface area contributed by atoms with Gasteiger partial charge in [0.25, 0.3) is 5.91 Å². The van der Waals surface area contributed by atoms with Gasteiger partial charge < -0.3 is 4.90 Å². The van der Waals surface area contributed by atoms with Gasteiger partial charge in [-0.15, -0.1) is 0 Å². The molecule has 5 nitrogen and oxygen atoms in total. The Bertz CT molecular complexity index is 915. The van der Waals surface area contributed by atoms with Crippen LogP contribution >= 0.6 is 11.6 Å². The van der Waals surface area contributed by atoms with Crippen LogP contribution in [0, 0.1) is 0 Å². The minimum atomic E-state index is -3.27. The minimum Gasteiger partial charge on any atom is -0.335 e. The number of carbonyl (C=O) groups is 1. The summed E-state index contributed by atoms with van der Waals surface area (Å²) in [5.74, 6) is 0.00421. The normalized spacial score (nSPS) is 15.8. The first-order valence-electron chi connectivity index (χ1n) is 8.55. The van der Waals surface area contributed by atoms with E-state index in [0.29, 0.717) is 42.3 Å². The lowest BCUT2D eigenvalue weighted by Gasteiger charge is -2.23. The van der Waals surface area contributed by atoms with E-state index in [1.807, 2.05) is 25.1 Å². The van der Waals surface area contributed by atoms with E-state index in [4.69, 9.17) is 11.6 Å². The van der Waals surface area contributed by atoms with Gasteiger partial charge >= 0.3 is 0 Å². The van der Waals surface area contributed by atoms with Gasteiger partial charge in [-0.2, -0.15) is 0 Å². The van der Waals surface area contributed by atoms with Crippen molar-refractivity contribution in [3.05, 3.63) is 64.7 Å². The molecule has 2 aromatic carbocycles. The molecule has 1 aliphatic heterocycles. The predicted molar refractivity (Wildman–Crippen MR) is 104 cm³/mol. The van der Waals surface area contributed by atoms with E-state index < -0.39 is 10.0 Å². The number of rotatable bonds is 5. The first kappa shape index (κ1) is 18.7. The number of halogens is 1. The molecule has 1 amide bonds. The van der Waals surface area contributed by atoms with E-state index in [1.165, 1.54) is 4.31 Å². The van der Waals surface area contributed by atoms with E-state index in [2.05, 4.69) is 0 Å². The van der Waals surface area contributed by atoms with Crippen molar-refractivity contribution in [2.75, 3.05) is 23.1 Å². The van der Waals surface area contributed by atoms with E-state index in [0.717, 1.165) is 5.56 Å².